The van der Waals surface area contributed by atoms with Gasteiger partial charge in [-0.1, -0.05) is 72.3 Å². The van der Waals surface area contributed by atoms with Crippen LogP contribution < -0.4 is 9.96 Å². The summed E-state index contributed by atoms with van der Waals surface area (Å²) in [6.07, 6.45) is -0.899. The summed E-state index contributed by atoms with van der Waals surface area (Å²) in [5.41, 5.74) is 2.09. The number of rotatable bonds is 3. The fourth-order valence-electron chi connectivity index (χ4n) is 4.07. The van der Waals surface area contributed by atoms with Gasteiger partial charge < -0.3 is 0 Å². The van der Waals surface area contributed by atoms with E-state index in [1.54, 1.807) is 29.3 Å². The number of para-hydroxylation sites is 2. The summed E-state index contributed by atoms with van der Waals surface area (Å²) in [5, 5.41) is 2.04. The Morgan fingerprint density at radius 1 is 0.759 bits per heavy atom. The molecule has 0 saturated carbocycles. The lowest BCUT2D eigenvalue weighted by Crippen LogP contribution is -2.37. The molecular formula is C23H17ClN2O3. The van der Waals surface area contributed by atoms with E-state index in [2.05, 4.69) is 0 Å². The molecule has 0 aliphatic carbocycles. The second-order valence-electron chi connectivity index (χ2n) is 7.03. The number of nitrogens with zero attached hydrogens (tertiary/aromatic N) is 2. The highest BCUT2D eigenvalue weighted by atomic mass is 35.5. The van der Waals surface area contributed by atoms with Crippen LogP contribution in [-0.4, -0.2) is 17.9 Å². The van der Waals surface area contributed by atoms with Gasteiger partial charge in [0.1, 0.15) is 5.92 Å². The van der Waals surface area contributed by atoms with Gasteiger partial charge in [0.2, 0.25) is 5.91 Å². The van der Waals surface area contributed by atoms with Crippen LogP contribution in [0.5, 0.6) is 0 Å². The zero-order chi connectivity index (χ0) is 20.0. The molecule has 2 saturated heterocycles. The lowest BCUT2D eigenvalue weighted by Gasteiger charge is -2.28. The number of hydrogen-bond donors (Lipinski definition) is 0. The predicted octanol–water partition coefficient (Wildman–Crippen LogP) is 4.39. The molecule has 0 unspecified atom stereocenters. The Labute approximate surface area is 173 Å². The maximum absolute atomic E-state index is 13.5. The summed E-state index contributed by atoms with van der Waals surface area (Å²) >= 11 is 6.27. The molecule has 6 heteroatoms. The molecule has 144 valence electrons. The molecule has 2 amide bonds. The lowest BCUT2D eigenvalue weighted by atomic mass is 9.90. The number of carbonyl (C=O) groups is 2. The molecule has 3 aromatic rings. The SMILES string of the molecule is O=C1[C@@H]2[C@@H](ON(c3ccccc3)[C@H]2c2ccccc2)C(=O)N1c1ccccc1Cl. The molecule has 29 heavy (non-hydrogen) atoms. The summed E-state index contributed by atoms with van der Waals surface area (Å²) in [5.74, 6) is -1.37. The molecule has 2 heterocycles. The van der Waals surface area contributed by atoms with Gasteiger partial charge in [0.15, 0.2) is 6.10 Å². The number of imide groups is 1. The first-order chi connectivity index (χ1) is 14.2. The normalized spacial score (nSPS) is 23.6. The largest absolute Gasteiger partial charge is 0.273 e. The fourth-order valence-corrected chi connectivity index (χ4v) is 4.29. The Hall–Kier alpha value is -3.15. The molecule has 2 fully saturated rings. The van der Waals surface area contributed by atoms with Crippen LogP contribution in [0.3, 0.4) is 0 Å². The average Bonchev–Trinajstić information content (AvgIpc) is 3.26. The van der Waals surface area contributed by atoms with Crippen molar-refractivity contribution in [3.63, 3.8) is 0 Å². The minimum Gasteiger partial charge on any atom is -0.273 e. The van der Waals surface area contributed by atoms with E-state index in [-0.39, 0.29) is 5.91 Å². The van der Waals surface area contributed by atoms with Crippen molar-refractivity contribution in [3.05, 3.63) is 95.5 Å². The smallest absolute Gasteiger partial charge is 0.266 e. The first kappa shape index (κ1) is 17.9. The zero-order valence-electron chi connectivity index (χ0n) is 15.3. The third-order valence-corrected chi connectivity index (χ3v) is 5.68. The van der Waals surface area contributed by atoms with Crippen LogP contribution >= 0.6 is 11.6 Å². The number of amides is 2. The summed E-state index contributed by atoms with van der Waals surface area (Å²) in [6.45, 7) is 0. The first-order valence-corrected chi connectivity index (χ1v) is 9.73. The van der Waals surface area contributed by atoms with Gasteiger partial charge in [-0.25, -0.2) is 9.96 Å². The Balaban J connectivity index is 1.60. The molecule has 2 aliphatic heterocycles. The summed E-state index contributed by atoms with van der Waals surface area (Å²) in [6, 6.07) is 25.6. The number of hydrogen-bond acceptors (Lipinski definition) is 4. The van der Waals surface area contributed by atoms with Crippen LogP contribution in [0.1, 0.15) is 11.6 Å². The highest BCUT2D eigenvalue weighted by Gasteiger charge is 2.60. The van der Waals surface area contributed by atoms with Crippen molar-refractivity contribution in [1.82, 2.24) is 0 Å². The molecule has 0 spiro atoms. The van der Waals surface area contributed by atoms with Crippen molar-refractivity contribution in [2.75, 3.05) is 9.96 Å². The van der Waals surface area contributed by atoms with E-state index in [0.717, 1.165) is 16.2 Å². The number of fused-ring (bicyclic) bond motifs is 1. The zero-order valence-corrected chi connectivity index (χ0v) is 16.1. The number of benzene rings is 3. The number of hydroxylamine groups is 1. The monoisotopic (exact) mass is 404 g/mol. The van der Waals surface area contributed by atoms with E-state index in [0.29, 0.717) is 10.7 Å². The molecule has 5 rings (SSSR count). The first-order valence-electron chi connectivity index (χ1n) is 9.35. The van der Waals surface area contributed by atoms with E-state index in [9.17, 15) is 9.59 Å². The average molecular weight is 405 g/mol. The van der Waals surface area contributed by atoms with Gasteiger partial charge in [-0.15, -0.1) is 0 Å². The van der Waals surface area contributed by atoms with E-state index in [4.69, 9.17) is 16.4 Å². The van der Waals surface area contributed by atoms with Crippen molar-refractivity contribution in [2.24, 2.45) is 5.92 Å². The lowest BCUT2D eigenvalue weighted by molar-refractivity contribution is -0.126. The third kappa shape index (κ3) is 2.82. The minimum absolute atomic E-state index is 0.305. The van der Waals surface area contributed by atoms with Gasteiger partial charge in [-0.05, 0) is 29.8 Å². The van der Waals surface area contributed by atoms with Crippen LogP contribution in [0, 0.1) is 5.92 Å². The van der Waals surface area contributed by atoms with Gasteiger partial charge >= 0.3 is 0 Å². The van der Waals surface area contributed by atoms with Crippen molar-refractivity contribution >= 4 is 34.8 Å². The second kappa shape index (κ2) is 7.03. The van der Waals surface area contributed by atoms with Crippen molar-refractivity contribution in [2.45, 2.75) is 12.1 Å². The molecule has 0 N–H and O–H groups in total. The van der Waals surface area contributed by atoms with Crippen molar-refractivity contribution in [1.29, 1.82) is 0 Å². The maximum atomic E-state index is 13.5. The standard InChI is InChI=1S/C23H17ClN2O3/c24-17-13-7-8-14-18(17)25-22(27)19-20(15-9-3-1-4-10-15)26(29-21(19)23(25)28)16-11-5-2-6-12-16/h1-14,19-21H/t19-,20-,21+/m0/s1. The topological polar surface area (TPSA) is 49.9 Å². The molecular weight excluding hydrogens is 388 g/mol. The number of carbonyl (C=O) groups excluding carboxylic acids is 2. The molecule has 0 aromatic heterocycles. The maximum Gasteiger partial charge on any atom is 0.266 e. The summed E-state index contributed by atoms with van der Waals surface area (Å²) < 4.78 is 0. The summed E-state index contributed by atoms with van der Waals surface area (Å²) in [4.78, 5) is 33.9. The van der Waals surface area contributed by atoms with Gasteiger partial charge in [0.25, 0.3) is 5.91 Å². The Kier molecular flexibility index (Phi) is 4.34. The van der Waals surface area contributed by atoms with Crippen molar-refractivity contribution < 1.29 is 14.4 Å². The van der Waals surface area contributed by atoms with Gasteiger partial charge in [0, 0.05) is 0 Å². The van der Waals surface area contributed by atoms with E-state index >= 15 is 0 Å². The highest BCUT2D eigenvalue weighted by molar-refractivity contribution is 6.36. The number of anilines is 2. The quantitative estimate of drug-likeness (QED) is 0.607. The highest BCUT2D eigenvalue weighted by Crippen LogP contribution is 2.48. The van der Waals surface area contributed by atoms with E-state index in [1.807, 2.05) is 60.7 Å². The van der Waals surface area contributed by atoms with Crippen molar-refractivity contribution in [3.8, 4) is 0 Å². The van der Waals surface area contributed by atoms with E-state index < -0.39 is 24.0 Å². The minimum atomic E-state index is -0.899. The molecule has 0 bridgehead atoms. The Morgan fingerprint density at radius 2 is 1.38 bits per heavy atom. The van der Waals surface area contributed by atoms with Gasteiger partial charge in [-0.2, -0.15) is 0 Å². The van der Waals surface area contributed by atoms with Crippen LogP contribution in [0.15, 0.2) is 84.9 Å². The fraction of sp³-hybridized carbons (Fsp3) is 0.130. The number of halogens is 1. The van der Waals surface area contributed by atoms with E-state index in [1.165, 1.54) is 0 Å². The second-order valence-corrected chi connectivity index (χ2v) is 7.44. The van der Waals surface area contributed by atoms with Crippen LogP contribution in [0.4, 0.5) is 11.4 Å². The van der Waals surface area contributed by atoms with Gasteiger partial charge in [-0.3, -0.25) is 14.4 Å². The molecule has 3 aromatic carbocycles. The van der Waals surface area contributed by atoms with Crippen LogP contribution in [0.2, 0.25) is 5.02 Å². The molecule has 2 aliphatic rings. The Bertz CT molecular complexity index is 1070. The van der Waals surface area contributed by atoms with Gasteiger partial charge in [0.05, 0.1) is 22.4 Å². The molecule has 3 atom stereocenters. The third-order valence-electron chi connectivity index (χ3n) is 5.36. The van der Waals surface area contributed by atoms with Crippen LogP contribution in [-0.2, 0) is 14.4 Å². The molecule has 5 nitrogen and oxygen atoms in total. The van der Waals surface area contributed by atoms with Crippen LogP contribution in [0.25, 0.3) is 0 Å². The predicted molar refractivity (Wildman–Crippen MR) is 110 cm³/mol. The summed E-state index contributed by atoms with van der Waals surface area (Å²) in [7, 11) is 0. The molecule has 0 radical (unpaired) electrons. The Morgan fingerprint density at radius 3 is 2.07 bits per heavy atom.